The fourth-order valence-electron chi connectivity index (χ4n) is 2.08. The van der Waals surface area contributed by atoms with Gasteiger partial charge in [0.2, 0.25) is 0 Å². The molecule has 1 N–H and O–H groups in total. The summed E-state index contributed by atoms with van der Waals surface area (Å²) in [5.41, 5.74) is 0.989. The van der Waals surface area contributed by atoms with Gasteiger partial charge in [-0.15, -0.1) is 0 Å². The highest BCUT2D eigenvalue weighted by atomic mass is 16.5. The molecule has 1 aromatic rings. The lowest BCUT2D eigenvalue weighted by molar-refractivity contribution is -0.132. The van der Waals surface area contributed by atoms with E-state index in [0.29, 0.717) is 12.3 Å². The maximum absolute atomic E-state index is 10.9. The Balaban J connectivity index is 2.30. The van der Waals surface area contributed by atoms with Crippen LogP contribution in [0.25, 0.3) is 0 Å². The minimum absolute atomic E-state index is 0.00231. The molecule has 1 heterocycles. The van der Waals surface area contributed by atoms with Crippen molar-refractivity contribution < 1.29 is 19.4 Å². The van der Waals surface area contributed by atoms with E-state index in [0.717, 1.165) is 11.4 Å². The highest BCUT2D eigenvalue weighted by Gasteiger charge is 2.24. The van der Waals surface area contributed by atoms with Gasteiger partial charge in [0.1, 0.15) is 17.6 Å². The molecule has 0 fully saturated rings. The Kier molecular flexibility index (Phi) is 3.64. The molecule has 5 heteroatoms. The van der Waals surface area contributed by atoms with E-state index >= 15 is 0 Å². The van der Waals surface area contributed by atoms with Crippen molar-refractivity contribution in [2.24, 2.45) is 0 Å². The van der Waals surface area contributed by atoms with Gasteiger partial charge in [0.05, 0.1) is 19.3 Å². The summed E-state index contributed by atoms with van der Waals surface area (Å²) >= 11 is 0. The minimum atomic E-state index is -0.983. The van der Waals surface area contributed by atoms with Gasteiger partial charge in [-0.05, 0) is 19.1 Å². The minimum Gasteiger partial charge on any atom is -0.497 e. The van der Waals surface area contributed by atoms with Crippen LogP contribution in [0.1, 0.15) is 6.92 Å². The van der Waals surface area contributed by atoms with Gasteiger partial charge in [-0.2, -0.15) is 0 Å². The summed E-state index contributed by atoms with van der Waals surface area (Å²) in [6.07, 6.45) is 0.00231. The van der Waals surface area contributed by atoms with Crippen LogP contribution in [0.3, 0.4) is 0 Å². The number of hydrogen-bond acceptors (Lipinski definition) is 4. The van der Waals surface area contributed by atoms with Gasteiger partial charge in [0, 0.05) is 18.2 Å². The number of aliphatic carboxylic acids is 1. The van der Waals surface area contributed by atoms with Crippen molar-refractivity contribution in [3.63, 3.8) is 0 Å². The molecule has 5 nitrogen and oxygen atoms in total. The Hall–Kier alpha value is -2.17. The van der Waals surface area contributed by atoms with E-state index in [1.807, 2.05) is 30.0 Å². The molecule has 102 valence electrons. The quantitative estimate of drug-likeness (QED) is 0.841. The number of ether oxygens (including phenoxy) is 2. The van der Waals surface area contributed by atoms with Crippen molar-refractivity contribution in [1.82, 2.24) is 0 Å². The molecule has 1 unspecified atom stereocenters. The third-order valence-electron chi connectivity index (χ3n) is 3.00. The zero-order valence-corrected chi connectivity index (χ0v) is 11.0. The molecule has 0 saturated carbocycles. The molecular formula is C14H17NO4. The van der Waals surface area contributed by atoms with Crippen molar-refractivity contribution in [1.29, 1.82) is 0 Å². The zero-order chi connectivity index (χ0) is 14.0. The van der Waals surface area contributed by atoms with Crippen LogP contribution in [-0.4, -0.2) is 37.4 Å². The number of carboxylic acids is 1. The van der Waals surface area contributed by atoms with Crippen LogP contribution in [0.5, 0.6) is 11.5 Å². The first-order chi connectivity index (χ1) is 9.01. The predicted octanol–water partition coefficient (Wildman–Crippen LogP) is 1.92. The van der Waals surface area contributed by atoms with Crippen molar-refractivity contribution >= 4 is 11.7 Å². The molecule has 1 aliphatic heterocycles. The Labute approximate surface area is 112 Å². The molecule has 1 aliphatic rings. The Bertz CT molecular complexity index is 512. The van der Waals surface area contributed by atoms with Gasteiger partial charge in [0.25, 0.3) is 0 Å². The molecule has 0 radical (unpaired) electrons. The number of carboxylic acid groups (broad SMARTS) is 1. The summed E-state index contributed by atoms with van der Waals surface area (Å²) in [5.74, 6) is 0.462. The van der Waals surface area contributed by atoms with Crippen LogP contribution in [0.2, 0.25) is 0 Å². The summed E-state index contributed by atoms with van der Waals surface area (Å²) in [4.78, 5) is 12.9. The molecule has 2 rings (SSSR count). The molecule has 0 spiro atoms. The summed E-state index contributed by atoms with van der Waals surface area (Å²) < 4.78 is 10.9. The third kappa shape index (κ3) is 2.81. The van der Waals surface area contributed by atoms with Crippen molar-refractivity contribution in [3.05, 3.63) is 30.4 Å². The Morgan fingerprint density at radius 2 is 2.37 bits per heavy atom. The van der Waals surface area contributed by atoms with Crippen molar-refractivity contribution in [3.8, 4) is 11.5 Å². The van der Waals surface area contributed by atoms with Gasteiger partial charge in [-0.3, -0.25) is 0 Å². The average molecular weight is 263 g/mol. The maximum Gasteiger partial charge on any atom is 0.332 e. The lowest BCUT2D eigenvalue weighted by Crippen LogP contribution is -2.40. The molecule has 0 aliphatic carbocycles. The number of benzene rings is 1. The molecule has 0 amide bonds. The lowest BCUT2D eigenvalue weighted by atomic mass is 10.1. The molecule has 0 aromatic heterocycles. The first kappa shape index (κ1) is 13.3. The smallest absolute Gasteiger partial charge is 0.332 e. The average Bonchev–Trinajstić information content (AvgIpc) is 2.38. The van der Waals surface area contributed by atoms with Gasteiger partial charge in [0.15, 0.2) is 0 Å². The van der Waals surface area contributed by atoms with E-state index in [1.165, 1.54) is 0 Å². The van der Waals surface area contributed by atoms with Gasteiger partial charge in [-0.25, -0.2) is 4.79 Å². The monoisotopic (exact) mass is 263 g/mol. The topological polar surface area (TPSA) is 59.0 Å². The van der Waals surface area contributed by atoms with Crippen molar-refractivity contribution in [2.45, 2.75) is 13.0 Å². The fourth-order valence-corrected chi connectivity index (χ4v) is 2.08. The standard InChI is InChI=1S/C14H17NO4/c1-9(14(16)17)7-15-8-10(2)19-13-5-4-11(18-3)6-12(13)15/h4-6,10H,1,7-8H2,2-3H3,(H,16,17). The van der Waals surface area contributed by atoms with Crippen molar-refractivity contribution in [2.75, 3.05) is 25.1 Å². The maximum atomic E-state index is 10.9. The molecular weight excluding hydrogens is 246 g/mol. The summed E-state index contributed by atoms with van der Waals surface area (Å²) in [6, 6.07) is 5.50. The van der Waals surface area contributed by atoms with E-state index < -0.39 is 5.97 Å². The van der Waals surface area contributed by atoms with Crippen LogP contribution in [0.15, 0.2) is 30.4 Å². The van der Waals surface area contributed by atoms with Crippen LogP contribution < -0.4 is 14.4 Å². The highest BCUT2D eigenvalue weighted by molar-refractivity contribution is 5.87. The predicted molar refractivity (Wildman–Crippen MR) is 72.1 cm³/mol. The second kappa shape index (κ2) is 5.22. The molecule has 1 atom stereocenters. The largest absolute Gasteiger partial charge is 0.497 e. The molecule has 1 aromatic carbocycles. The summed E-state index contributed by atoms with van der Waals surface area (Å²) in [7, 11) is 1.59. The number of methoxy groups -OCH3 is 1. The Morgan fingerprint density at radius 3 is 3.00 bits per heavy atom. The van der Waals surface area contributed by atoms with Gasteiger partial charge < -0.3 is 19.5 Å². The zero-order valence-electron chi connectivity index (χ0n) is 11.0. The van der Waals surface area contributed by atoms with Crippen LogP contribution in [0, 0.1) is 0 Å². The second-order valence-corrected chi connectivity index (χ2v) is 4.55. The summed E-state index contributed by atoms with van der Waals surface area (Å²) in [6.45, 7) is 6.41. The van der Waals surface area contributed by atoms with Crippen LogP contribution >= 0.6 is 0 Å². The van der Waals surface area contributed by atoms with E-state index in [2.05, 4.69) is 6.58 Å². The van der Waals surface area contributed by atoms with Crippen LogP contribution in [-0.2, 0) is 4.79 Å². The van der Waals surface area contributed by atoms with Gasteiger partial charge >= 0.3 is 5.97 Å². The number of rotatable bonds is 4. The SMILES string of the molecule is C=C(CN1CC(C)Oc2ccc(OC)cc21)C(=O)O. The fraction of sp³-hybridized carbons (Fsp3) is 0.357. The van der Waals surface area contributed by atoms with Crippen LogP contribution in [0.4, 0.5) is 5.69 Å². The number of carbonyl (C=O) groups is 1. The number of anilines is 1. The summed E-state index contributed by atoms with van der Waals surface area (Å²) in [5, 5.41) is 8.95. The molecule has 19 heavy (non-hydrogen) atoms. The first-order valence-electron chi connectivity index (χ1n) is 6.02. The third-order valence-corrected chi connectivity index (χ3v) is 3.00. The number of hydrogen-bond donors (Lipinski definition) is 1. The first-order valence-corrected chi connectivity index (χ1v) is 6.02. The highest BCUT2D eigenvalue weighted by Crippen LogP contribution is 2.36. The van der Waals surface area contributed by atoms with E-state index in [1.54, 1.807) is 7.11 Å². The van der Waals surface area contributed by atoms with E-state index in [4.69, 9.17) is 14.6 Å². The van der Waals surface area contributed by atoms with E-state index in [-0.39, 0.29) is 18.2 Å². The number of fused-ring (bicyclic) bond motifs is 1. The number of nitrogens with zero attached hydrogens (tertiary/aromatic N) is 1. The molecule has 0 saturated heterocycles. The van der Waals surface area contributed by atoms with E-state index in [9.17, 15) is 4.79 Å². The second-order valence-electron chi connectivity index (χ2n) is 4.55. The molecule has 0 bridgehead atoms. The Morgan fingerprint density at radius 1 is 1.63 bits per heavy atom. The normalized spacial score (nSPS) is 17.4. The van der Waals surface area contributed by atoms with Gasteiger partial charge in [-0.1, -0.05) is 6.58 Å². The lowest BCUT2D eigenvalue weighted by Gasteiger charge is -2.35.